The average Bonchev–Trinajstić information content (AvgIpc) is 3.58. The first kappa shape index (κ1) is 65.0. The van der Waals surface area contributed by atoms with E-state index in [9.17, 15) is 37.1 Å². The van der Waals surface area contributed by atoms with Crippen LogP contribution in [0.3, 0.4) is 0 Å². The number of likely N-dealkylation sites (tertiary alicyclic amines) is 1. The van der Waals surface area contributed by atoms with Gasteiger partial charge in [-0.25, -0.2) is 4.79 Å². The lowest BCUT2D eigenvalue weighted by molar-refractivity contribution is -0.139. The Morgan fingerprint density at radius 1 is 0.929 bits per heavy atom. The maximum absolute atomic E-state index is 13.2. The molecule has 0 bridgehead atoms. The Kier molecular flexibility index (Phi) is 43.8. The average molecular weight is 832 g/mol. The van der Waals surface area contributed by atoms with Crippen molar-refractivity contribution in [3.8, 4) is 0 Å². The summed E-state index contributed by atoms with van der Waals surface area (Å²) in [7, 11) is 1.91. The third-order valence-corrected chi connectivity index (χ3v) is 7.48. The second kappa shape index (κ2) is 37.7. The van der Waals surface area contributed by atoms with Crippen LogP contribution >= 0.6 is 12.8 Å². The molecule has 1 heterocycles. The van der Waals surface area contributed by atoms with Gasteiger partial charge < -0.3 is 31.5 Å². The van der Waals surface area contributed by atoms with Crippen molar-refractivity contribution >= 4 is 42.9 Å². The van der Waals surface area contributed by atoms with E-state index in [0.29, 0.717) is 13.0 Å². The van der Waals surface area contributed by atoms with E-state index in [1.165, 1.54) is 13.0 Å². The maximum atomic E-state index is 13.2. The smallest absolute Gasteiger partial charge is 0.349 e. The number of hydrogen-bond donors (Lipinski definition) is 6. The molecular weight excluding hydrogens is 748 g/mol. The number of halogens is 3. The Balaban J connectivity index is -0.000000191. The van der Waals surface area contributed by atoms with E-state index in [2.05, 4.69) is 73.7 Å². The van der Waals surface area contributed by atoms with Gasteiger partial charge in [0.25, 0.3) is 5.91 Å². The third kappa shape index (κ3) is 35.6. The van der Waals surface area contributed by atoms with Crippen LogP contribution in [0.1, 0.15) is 137 Å². The highest BCUT2D eigenvalue weighted by Gasteiger charge is 2.39. The van der Waals surface area contributed by atoms with Gasteiger partial charge in [-0.05, 0) is 44.6 Å². The van der Waals surface area contributed by atoms with Crippen molar-refractivity contribution < 1.29 is 37.1 Å². The van der Waals surface area contributed by atoms with Crippen LogP contribution in [0.15, 0.2) is 12.7 Å². The van der Waals surface area contributed by atoms with Crippen molar-refractivity contribution in [1.82, 2.24) is 35.8 Å². The highest BCUT2D eigenvalue weighted by atomic mass is 32.1. The zero-order chi connectivity index (χ0) is 45.9. The fourth-order valence-corrected chi connectivity index (χ4v) is 4.19. The molecule has 1 aliphatic rings. The van der Waals surface area contributed by atoms with Crippen LogP contribution in [0, 0.1) is 10.8 Å². The number of amides is 5. The minimum Gasteiger partial charge on any atom is -0.349 e. The Morgan fingerprint density at radius 3 is 1.75 bits per heavy atom. The molecule has 1 rings (SSSR count). The van der Waals surface area contributed by atoms with Gasteiger partial charge in [0.05, 0.1) is 6.04 Å². The van der Waals surface area contributed by atoms with E-state index < -0.39 is 36.4 Å². The van der Waals surface area contributed by atoms with Crippen molar-refractivity contribution in [2.45, 2.75) is 167 Å². The minimum atomic E-state index is -3.96. The molecule has 0 spiro atoms. The molecule has 12 nitrogen and oxygen atoms in total. The van der Waals surface area contributed by atoms with E-state index >= 15 is 0 Å². The number of alkyl halides is 3. The predicted octanol–water partition coefficient (Wildman–Crippen LogP) is 7.55. The van der Waals surface area contributed by atoms with Gasteiger partial charge in [0, 0.05) is 51.2 Å². The zero-order valence-electron chi connectivity index (χ0n) is 38.3. The first-order valence-corrected chi connectivity index (χ1v) is 20.5. The van der Waals surface area contributed by atoms with Crippen LogP contribution < -0.4 is 26.6 Å². The summed E-state index contributed by atoms with van der Waals surface area (Å²) >= 11 is 4.24. The zero-order valence-corrected chi connectivity index (χ0v) is 39.2. The molecule has 5 N–H and O–H groups in total. The van der Waals surface area contributed by atoms with Crippen LogP contribution in [0.2, 0.25) is 0 Å². The lowest BCUT2D eigenvalue weighted by Gasteiger charge is -2.37. The fourth-order valence-electron chi connectivity index (χ4n) is 4.09. The van der Waals surface area contributed by atoms with Gasteiger partial charge in [0.2, 0.25) is 18.1 Å². The SMILES string of the molecule is C=CCNC(=O)C(=O)C(C)NC=O.CC.CC.CC.CC.CC1CCCN1C(=O)C(NC(=O)NC(CNCCN(C)S)C(C)(C)C)C(C)(C)C.CCC(F)(F)F. The molecule has 4 atom stereocenters. The van der Waals surface area contributed by atoms with Crippen molar-refractivity contribution in [2.24, 2.45) is 10.8 Å². The summed E-state index contributed by atoms with van der Waals surface area (Å²) in [5, 5.41) is 13.9. The van der Waals surface area contributed by atoms with Gasteiger partial charge in [-0.1, -0.05) is 123 Å². The molecule has 4 unspecified atom stereocenters. The largest absolute Gasteiger partial charge is 0.388 e. The minimum absolute atomic E-state index is 0.0138. The third-order valence-electron chi connectivity index (χ3n) is 7.28. The molecule has 0 radical (unpaired) electrons. The van der Waals surface area contributed by atoms with Crippen molar-refractivity contribution in [3.05, 3.63) is 12.7 Å². The van der Waals surface area contributed by atoms with Crippen LogP contribution in [0.25, 0.3) is 0 Å². The number of thiol groups is 1. The molecule has 0 aliphatic carbocycles. The van der Waals surface area contributed by atoms with Gasteiger partial charge in [0.15, 0.2) is 0 Å². The maximum Gasteiger partial charge on any atom is 0.388 e. The first-order chi connectivity index (χ1) is 25.9. The summed E-state index contributed by atoms with van der Waals surface area (Å²) in [6.45, 7) is 39.5. The van der Waals surface area contributed by atoms with E-state index in [0.717, 1.165) is 39.4 Å². The molecular formula is C40H84F3N7O5S. The first-order valence-electron chi connectivity index (χ1n) is 20.1. The summed E-state index contributed by atoms with van der Waals surface area (Å²) in [4.78, 5) is 59.9. The topological polar surface area (TPSA) is 152 Å². The van der Waals surface area contributed by atoms with Crippen LogP contribution in [0.4, 0.5) is 18.0 Å². The Labute approximate surface area is 345 Å². The molecule has 0 aromatic carbocycles. The summed E-state index contributed by atoms with van der Waals surface area (Å²) in [5.41, 5.74) is -0.495. The molecule has 1 fully saturated rings. The quantitative estimate of drug-likeness (QED) is 0.0348. The second-order valence-electron chi connectivity index (χ2n) is 13.8. The Hall–Kier alpha value is -2.85. The van der Waals surface area contributed by atoms with Crippen LogP contribution in [-0.4, -0.2) is 109 Å². The number of ketones is 1. The van der Waals surface area contributed by atoms with E-state index in [1.54, 1.807) is 0 Å². The van der Waals surface area contributed by atoms with E-state index in [-0.39, 0.29) is 41.4 Å². The van der Waals surface area contributed by atoms with Gasteiger partial charge >= 0.3 is 12.2 Å². The number of rotatable bonds is 14. The normalized spacial score (nSPS) is 14.6. The summed E-state index contributed by atoms with van der Waals surface area (Å²) in [6.07, 6.45) is -0.803. The molecule has 56 heavy (non-hydrogen) atoms. The number of likely N-dealkylation sites (N-methyl/N-ethyl adjacent to an activating group) is 1. The summed E-state index contributed by atoms with van der Waals surface area (Å²) in [6, 6.07) is -1.49. The molecule has 336 valence electrons. The number of hydrogen-bond acceptors (Lipinski definition) is 8. The predicted molar refractivity (Wildman–Crippen MR) is 232 cm³/mol. The Morgan fingerprint density at radius 2 is 1.41 bits per heavy atom. The fraction of sp³-hybridized carbons (Fsp3) is 0.825. The Bertz CT molecular complexity index is 1020. The lowest BCUT2D eigenvalue weighted by Crippen LogP contribution is -2.60. The monoisotopic (exact) mass is 832 g/mol. The number of carbonyl (C=O) groups excluding carboxylic acids is 5. The second-order valence-corrected chi connectivity index (χ2v) is 14.5. The van der Waals surface area contributed by atoms with E-state index in [4.69, 9.17) is 0 Å². The molecule has 1 saturated heterocycles. The van der Waals surface area contributed by atoms with Gasteiger partial charge in [0.1, 0.15) is 6.04 Å². The number of carbonyl (C=O) groups is 5. The lowest BCUT2D eigenvalue weighted by atomic mass is 9.85. The number of nitrogens with one attached hydrogen (secondary N) is 5. The van der Waals surface area contributed by atoms with E-state index in [1.807, 2.05) is 92.4 Å². The van der Waals surface area contributed by atoms with Gasteiger partial charge in [-0.2, -0.15) is 13.2 Å². The van der Waals surface area contributed by atoms with Crippen molar-refractivity contribution in [1.29, 1.82) is 0 Å². The number of urea groups is 1. The number of Topliss-reactive ketones (excluding diaryl/α,β-unsaturated/α-hetero) is 1. The van der Waals surface area contributed by atoms with Crippen LogP contribution in [-0.2, 0) is 19.2 Å². The summed E-state index contributed by atoms with van der Waals surface area (Å²) < 4.78 is 34.2. The standard InChI is InChI=1S/C21H43N5O2S.C8H12N2O3.C3H5F3.4C2H6/c1-15-10-9-12-26(15)18(27)17(21(5,6)7)24-19(28)23-16(20(2,3)4)14-22-11-13-25(8)29;1-3-4-9-8(13)7(12)6(2)10-5-11;1-2-3(4,5)6;4*1-2/h15-17,22,29H,9-14H2,1-8H3,(H2,23,24,28);3,5-6H,1,4H2,2H3,(H,9,13)(H,10,11);2H2,1H3;4*1-2H3. The van der Waals surface area contributed by atoms with Crippen molar-refractivity contribution in [2.75, 3.05) is 39.8 Å². The van der Waals surface area contributed by atoms with Gasteiger partial charge in [-0.15, -0.1) is 6.58 Å². The molecule has 5 amide bonds. The number of nitrogens with zero attached hydrogens (tertiary/aromatic N) is 2. The van der Waals surface area contributed by atoms with Gasteiger partial charge in [-0.3, -0.25) is 23.5 Å². The molecule has 0 aromatic heterocycles. The molecule has 16 heteroatoms. The van der Waals surface area contributed by atoms with Crippen LogP contribution in [0.5, 0.6) is 0 Å². The highest BCUT2D eigenvalue weighted by Crippen LogP contribution is 2.26. The van der Waals surface area contributed by atoms with Crippen molar-refractivity contribution in [3.63, 3.8) is 0 Å². The molecule has 0 aromatic rings. The highest BCUT2D eigenvalue weighted by molar-refractivity contribution is 7.77. The summed E-state index contributed by atoms with van der Waals surface area (Å²) in [5.74, 6) is -1.38. The molecule has 1 aliphatic heterocycles. The molecule has 0 saturated carbocycles.